The molecule has 2 nitrogen and oxygen atoms in total. The van der Waals surface area contributed by atoms with Crippen LogP contribution < -0.4 is 5.32 Å². The summed E-state index contributed by atoms with van der Waals surface area (Å²) in [7, 11) is 0. The molecule has 0 radical (unpaired) electrons. The highest BCUT2D eigenvalue weighted by Gasteiger charge is 2.05. The lowest BCUT2D eigenvalue weighted by Gasteiger charge is -2.14. The van der Waals surface area contributed by atoms with E-state index >= 15 is 0 Å². The highest BCUT2D eigenvalue weighted by atomic mass is 35.5. The molecule has 1 rings (SSSR count). The minimum absolute atomic E-state index is 0.122. The minimum Gasteiger partial charge on any atom is -0.395 e. The molecule has 84 valence electrons. The monoisotopic (exact) mass is 247 g/mol. The Bertz CT molecular complexity index is 313. The number of rotatable bonds is 5. The van der Waals surface area contributed by atoms with E-state index in [2.05, 4.69) is 5.32 Å². The maximum atomic E-state index is 9.00. The summed E-state index contributed by atoms with van der Waals surface area (Å²) in [5.74, 6) is 0. The molecule has 0 unspecified atom stereocenters. The van der Waals surface area contributed by atoms with Crippen molar-refractivity contribution in [3.05, 3.63) is 33.8 Å². The first-order chi connectivity index (χ1) is 7.17. The second-order valence-corrected chi connectivity index (χ2v) is 4.25. The topological polar surface area (TPSA) is 32.3 Å². The molecule has 0 aliphatic carbocycles. The predicted molar refractivity (Wildman–Crippen MR) is 64.5 cm³/mol. The standard InChI is InChI=1S/C11H15Cl2NO/c1-2-10(7-15)14-6-8-3-4-9(12)5-11(8)13/h3-5,10,14-15H,2,6-7H2,1H3/t10-/m1/s1. The van der Waals surface area contributed by atoms with Gasteiger partial charge in [-0.15, -0.1) is 0 Å². The Kier molecular flexibility index (Phi) is 5.40. The maximum Gasteiger partial charge on any atom is 0.0584 e. The van der Waals surface area contributed by atoms with Gasteiger partial charge in [0, 0.05) is 22.6 Å². The summed E-state index contributed by atoms with van der Waals surface area (Å²) < 4.78 is 0. The fourth-order valence-corrected chi connectivity index (χ4v) is 1.73. The predicted octanol–water partition coefficient (Wildman–Crippen LogP) is 2.85. The van der Waals surface area contributed by atoms with Gasteiger partial charge in [-0.05, 0) is 24.1 Å². The van der Waals surface area contributed by atoms with Crippen molar-refractivity contribution < 1.29 is 5.11 Å². The van der Waals surface area contributed by atoms with Gasteiger partial charge in [-0.1, -0.05) is 36.2 Å². The Labute approximate surface area is 100 Å². The zero-order valence-electron chi connectivity index (χ0n) is 8.63. The molecule has 15 heavy (non-hydrogen) atoms. The molecule has 1 atom stereocenters. The summed E-state index contributed by atoms with van der Waals surface area (Å²) >= 11 is 11.8. The number of nitrogens with one attached hydrogen (secondary N) is 1. The summed E-state index contributed by atoms with van der Waals surface area (Å²) in [6.07, 6.45) is 0.891. The van der Waals surface area contributed by atoms with E-state index in [0.29, 0.717) is 16.6 Å². The Morgan fingerprint density at radius 2 is 2.13 bits per heavy atom. The third-order valence-corrected chi connectivity index (χ3v) is 2.90. The maximum absolute atomic E-state index is 9.00. The van der Waals surface area contributed by atoms with Gasteiger partial charge in [0.2, 0.25) is 0 Å². The summed E-state index contributed by atoms with van der Waals surface area (Å²) in [6, 6.07) is 5.54. The molecule has 0 aliphatic heterocycles. The number of halogens is 2. The average Bonchev–Trinajstić information content (AvgIpc) is 2.22. The summed E-state index contributed by atoms with van der Waals surface area (Å²) in [4.78, 5) is 0. The van der Waals surface area contributed by atoms with Gasteiger partial charge in [0.1, 0.15) is 0 Å². The van der Waals surface area contributed by atoms with E-state index in [9.17, 15) is 0 Å². The van der Waals surface area contributed by atoms with Crippen LogP contribution in [0.2, 0.25) is 10.0 Å². The normalized spacial score (nSPS) is 12.8. The molecule has 0 bridgehead atoms. The fourth-order valence-electron chi connectivity index (χ4n) is 1.26. The van der Waals surface area contributed by atoms with Crippen LogP contribution in [0.1, 0.15) is 18.9 Å². The third kappa shape index (κ3) is 3.99. The second kappa shape index (κ2) is 6.33. The molecule has 0 aliphatic rings. The van der Waals surface area contributed by atoms with Crippen molar-refractivity contribution >= 4 is 23.2 Å². The summed E-state index contributed by atoms with van der Waals surface area (Å²) in [5.41, 5.74) is 0.993. The highest BCUT2D eigenvalue weighted by Crippen LogP contribution is 2.20. The average molecular weight is 248 g/mol. The second-order valence-electron chi connectivity index (χ2n) is 3.40. The number of hydrogen-bond donors (Lipinski definition) is 2. The molecule has 0 aromatic heterocycles. The van der Waals surface area contributed by atoms with E-state index in [1.807, 2.05) is 19.1 Å². The van der Waals surface area contributed by atoms with Crippen LogP contribution in [0.3, 0.4) is 0 Å². The number of aliphatic hydroxyl groups excluding tert-OH is 1. The quantitative estimate of drug-likeness (QED) is 0.839. The van der Waals surface area contributed by atoms with Crippen molar-refractivity contribution in [1.29, 1.82) is 0 Å². The SMILES string of the molecule is CC[C@H](CO)NCc1ccc(Cl)cc1Cl. The van der Waals surface area contributed by atoms with E-state index in [1.54, 1.807) is 6.07 Å². The molecule has 0 heterocycles. The molecule has 0 saturated heterocycles. The van der Waals surface area contributed by atoms with Gasteiger partial charge in [-0.3, -0.25) is 0 Å². The number of hydrogen-bond acceptors (Lipinski definition) is 2. The molecule has 4 heteroatoms. The first kappa shape index (κ1) is 12.8. The van der Waals surface area contributed by atoms with Crippen molar-refractivity contribution in [3.8, 4) is 0 Å². The highest BCUT2D eigenvalue weighted by molar-refractivity contribution is 6.35. The third-order valence-electron chi connectivity index (χ3n) is 2.31. The number of aliphatic hydroxyl groups is 1. The Morgan fingerprint density at radius 3 is 2.67 bits per heavy atom. The summed E-state index contributed by atoms with van der Waals surface area (Å²) in [6.45, 7) is 2.81. The molecule has 0 saturated carbocycles. The van der Waals surface area contributed by atoms with Crippen molar-refractivity contribution in [2.45, 2.75) is 25.9 Å². The smallest absolute Gasteiger partial charge is 0.0584 e. The van der Waals surface area contributed by atoms with E-state index in [1.165, 1.54) is 0 Å². The molecule has 2 N–H and O–H groups in total. The molecule has 0 fully saturated rings. The van der Waals surface area contributed by atoms with Gasteiger partial charge in [0.25, 0.3) is 0 Å². The van der Waals surface area contributed by atoms with Crippen LogP contribution in [0, 0.1) is 0 Å². The van der Waals surface area contributed by atoms with Crippen LogP contribution in [0.15, 0.2) is 18.2 Å². The molecular weight excluding hydrogens is 233 g/mol. The van der Waals surface area contributed by atoms with Gasteiger partial charge in [-0.25, -0.2) is 0 Å². The molecule has 1 aromatic rings. The molecule has 0 amide bonds. The lowest BCUT2D eigenvalue weighted by atomic mass is 10.2. The van der Waals surface area contributed by atoms with Gasteiger partial charge in [-0.2, -0.15) is 0 Å². The Hall–Kier alpha value is -0.280. The Morgan fingerprint density at radius 1 is 1.40 bits per heavy atom. The van der Waals surface area contributed by atoms with E-state index in [4.69, 9.17) is 28.3 Å². The van der Waals surface area contributed by atoms with E-state index in [0.717, 1.165) is 12.0 Å². The summed E-state index contributed by atoms with van der Waals surface area (Å²) in [5, 5.41) is 13.5. The minimum atomic E-state index is 0.122. The van der Waals surface area contributed by atoms with Crippen LogP contribution in [0.4, 0.5) is 0 Å². The lowest BCUT2D eigenvalue weighted by Crippen LogP contribution is -2.31. The Balaban J connectivity index is 2.57. The van der Waals surface area contributed by atoms with Crippen molar-refractivity contribution in [2.24, 2.45) is 0 Å². The number of benzene rings is 1. The molecular formula is C11H15Cl2NO. The van der Waals surface area contributed by atoms with Gasteiger partial charge in [0.05, 0.1) is 6.61 Å². The van der Waals surface area contributed by atoms with Crippen molar-refractivity contribution in [3.63, 3.8) is 0 Å². The van der Waals surface area contributed by atoms with Crippen LogP contribution in [-0.4, -0.2) is 17.8 Å². The largest absolute Gasteiger partial charge is 0.395 e. The first-order valence-corrected chi connectivity index (χ1v) is 5.71. The van der Waals surface area contributed by atoms with Crippen molar-refractivity contribution in [1.82, 2.24) is 5.32 Å². The van der Waals surface area contributed by atoms with E-state index in [-0.39, 0.29) is 12.6 Å². The fraction of sp³-hybridized carbons (Fsp3) is 0.455. The van der Waals surface area contributed by atoms with Crippen LogP contribution >= 0.6 is 23.2 Å². The van der Waals surface area contributed by atoms with Gasteiger partial charge in [0.15, 0.2) is 0 Å². The van der Waals surface area contributed by atoms with Crippen LogP contribution in [0.5, 0.6) is 0 Å². The van der Waals surface area contributed by atoms with Gasteiger partial charge < -0.3 is 10.4 Å². The molecule has 0 spiro atoms. The van der Waals surface area contributed by atoms with Crippen molar-refractivity contribution in [2.75, 3.05) is 6.61 Å². The molecule has 1 aromatic carbocycles. The van der Waals surface area contributed by atoms with E-state index < -0.39 is 0 Å². The zero-order valence-corrected chi connectivity index (χ0v) is 10.1. The zero-order chi connectivity index (χ0) is 11.3. The van der Waals surface area contributed by atoms with Crippen LogP contribution in [0.25, 0.3) is 0 Å². The first-order valence-electron chi connectivity index (χ1n) is 4.95. The van der Waals surface area contributed by atoms with Crippen LogP contribution in [-0.2, 0) is 6.54 Å². The van der Waals surface area contributed by atoms with Gasteiger partial charge >= 0.3 is 0 Å². The lowest BCUT2D eigenvalue weighted by molar-refractivity contribution is 0.238.